The third-order valence-corrected chi connectivity index (χ3v) is 6.41. The van der Waals surface area contributed by atoms with E-state index in [9.17, 15) is 4.79 Å². The van der Waals surface area contributed by atoms with E-state index < -0.39 is 0 Å². The molecule has 1 atom stereocenters. The molecule has 5 nitrogen and oxygen atoms in total. The minimum Gasteiger partial charge on any atom is -0.492 e. The Kier molecular flexibility index (Phi) is 5.18. The van der Waals surface area contributed by atoms with Crippen LogP contribution in [0.1, 0.15) is 37.7 Å². The summed E-state index contributed by atoms with van der Waals surface area (Å²) in [6.07, 6.45) is 5.94. The highest BCUT2D eigenvalue weighted by molar-refractivity contribution is 5.95. The fourth-order valence-corrected chi connectivity index (χ4v) is 4.61. The lowest BCUT2D eigenvalue weighted by Gasteiger charge is -2.23. The molecule has 2 aliphatic heterocycles. The fraction of sp³-hybridized carbons (Fsp3) is 0.667. The van der Waals surface area contributed by atoms with Crippen LogP contribution in [0.5, 0.6) is 5.75 Å². The topological polar surface area (TPSA) is 53.6 Å². The number of piperidine rings is 1. The van der Waals surface area contributed by atoms with Crippen LogP contribution in [0.25, 0.3) is 0 Å². The summed E-state index contributed by atoms with van der Waals surface area (Å²) in [5.41, 5.74) is 2.25. The van der Waals surface area contributed by atoms with Crippen molar-refractivity contribution < 1.29 is 9.53 Å². The number of aryl methyl sites for hydroxylation is 1. The molecule has 0 bridgehead atoms. The summed E-state index contributed by atoms with van der Waals surface area (Å²) >= 11 is 0. The third kappa shape index (κ3) is 3.89. The van der Waals surface area contributed by atoms with E-state index in [2.05, 4.69) is 15.5 Å². The molecule has 1 spiro atoms. The van der Waals surface area contributed by atoms with Crippen LogP contribution in [0.3, 0.4) is 0 Å². The number of benzene rings is 1. The molecule has 5 heteroatoms. The maximum atomic E-state index is 12.6. The van der Waals surface area contributed by atoms with E-state index in [1.165, 1.54) is 25.9 Å². The molecule has 1 amide bonds. The van der Waals surface area contributed by atoms with E-state index in [0.29, 0.717) is 0 Å². The Balaban J connectivity index is 1.28. The molecule has 1 aromatic rings. The van der Waals surface area contributed by atoms with Gasteiger partial charge in [0.15, 0.2) is 0 Å². The van der Waals surface area contributed by atoms with Crippen LogP contribution in [0.15, 0.2) is 18.2 Å². The molecule has 1 unspecified atom stereocenters. The van der Waals surface area contributed by atoms with Gasteiger partial charge in [0.1, 0.15) is 12.4 Å². The lowest BCUT2D eigenvalue weighted by molar-refractivity contribution is -0.118. The van der Waals surface area contributed by atoms with Crippen molar-refractivity contribution in [2.24, 2.45) is 11.3 Å². The average Bonchev–Trinajstić information content (AvgIpc) is 3.08. The molecule has 0 aromatic heterocycles. The third-order valence-electron chi connectivity index (χ3n) is 6.41. The van der Waals surface area contributed by atoms with Gasteiger partial charge in [-0.05, 0) is 94.4 Å². The van der Waals surface area contributed by atoms with Crippen LogP contribution in [0.4, 0.5) is 5.69 Å². The first-order chi connectivity index (χ1) is 12.7. The monoisotopic (exact) mass is 357 g/mol. The second kappa shape index (κ2) is 7.57. The average molecular weight is 357 g/mol. The first-order valence-electron chi connectivity index (χ1n) is 10.1. The van der Waals surface area contributed by atoms with Crippen LogP contribution in [-0.2, 0) is 4.79 Å². The standard InChI is InChI=1S/C21H31N3O2/c1-16-14-17(4-5-19(16)26-13-12-24-10-2-3-11-24)23-20(25)18-15-21(18)6-8-22-9-7-21/h4-5,14,18,22H,2-3,6-13,15H2,1H3,(H,23,25). The van der Waals surface area contributed by atoms with Gasteiger partial charge < -0.3 is 15.4 Å². The smallest absolute Gasteiger partial charge is 0.228 e. The number of rotatable bonds is 6. The maximum Gasteiger partial charge on any atom is 0.228 e. The molecule has 142 valence electrons. The number of nitrogens with one attached hydrogen (secondary N) is 2. The van der Waals surface area contributed by atoms with Crippen molar-refractivity contribution in [1.29, 1.82) is 0 Å². The molecule has 1 aliphatic carbocycles. The summed E-state index contributed by atoms with van der Waals surface area (Å²) in [6, 6.07) is 5.98. The Hall–Kier alpha value is -1.59. The molecule has 2 N–H and O–H groups in total. The van der Waals surface area contributed by atoms with Crippen molar-refractivity contribution in [2.45, 2.75) is 39.0 Å². The van der Waals surface area contributed by atoms with Crippen molar-refractivity contribution in [3.8, 4) is 5.75 Å². The number of carbonyl (C=O) groups excluding carboxylic acids is 1. The Labute approximate surface area is 156 Å². The van der Waals surface area contributed by atoms with E-state index in [1.807, 2.05) is 25.1 Å². The van der Waals surface area contributed by atoms with Gasteiger partial charge in [0, 0.05) is 18.2 Å². The van der Waals surface area contributed by atoms with Gasteiger partial charge in [0.2, 0.25) is 5.91 Å². The number of likely N-dealkylation sites (tertiary alicyclic amines) is 1. The second-order valence-corrected chi connectivity index (χ2v) is 8.24. The number of anilines is 1. The van der Waals surface area contributed by atoms with Gasteiger partial charge in [0.05, 0.1) is 0 Å². The largest absolute Gasteiger partial charge is 0.492 e. The Morgan fingerprint density at radius 1 is 1.31 bits per heavy atom. The van der Waals surface area contributed by atoms with Crippen LogP contribution < -0.4 is 15.4 Å². The van der Waals surface area contributed by atoms with E-state index in [1.54, 1.807) is 0 Å². The zero-order chi connectivity index (χ0) is 18.0. The first kappa shape index (κ1) is 17.8. The fourth-order valence-electron chi connectivity index (χ4n) is 4.61. The lowest BCUT2D eigenvalue weighted by Crippen LogP contribution is -2.31. The minimum atomic E-state index is 0.189. The molecule has 26 heavy (non-hydrogen) atoms. The van der Waals surface area contributed by atoms with Crippen molar-refractivity contribution in [3.63, 3.8) is 0 Å². The molecular formula is C21H31N3O2. The molecule has 4 rings (SSSR count). The highest BCUT2D eigenvalue weighted by atomic mass is 16.5. The van der Waals surface area contributed by atoms with Crippen LogP contribution in [0.2, 0.25) is 0 Å². The molecule has 3 aliphatic rings. The minimum absolute atomic E-state index is 0.189. The number of hydrogen-bond acceptors (Lipinski definition) is 4. The lowest BCUT2D eigenvalue weighted by atomic mass is 9.92. The zero-order valence-corrected chi connectivity index (χ0v) is 15.9. The van der Waals surface area contributed by atoms with Gasteiger partial charge in [-0.3, -0.25) is 9.69 Å². The normalized spacial score (nSPS) is 24.6. The predicted octanol–water partition coefficient (Wildman–Crippen LogP) is 2.80. The highest BCUT2D eigenvalue weighted by Gasteiger charge is 2.57. The van der Waals surface area contributed by atoms with E-state index in [4.69, 9.17) is 4.74 Å². The van der Waals surface area contributed by atoms with E-state index in [0.717, 1.165) is 62.5 Å². The van der Waals surface area contributed by atoms with Crippen LogP contribution in [0, 0.1) is 18.3 Å². The highest BCUT2D eigenvalue weighted by Crippen LogP contribution is 2.58. The Morgan fingerprint density at radius 3 is 2.81 bits per heavy atom. The van der Waals surface area contributed by atoms with Gasteiger partial charge in [-0.1, -0.05) is 0 Å². The molecule has 1 saturated carbocycles. The van der Waals surface area contributed by atoms with Crippen molar-refractivity contribution >= 4 is 11.6 Å². The number of amides is 1. The van der Waals surface area contributed by atoms with Gasteiger partial charge in [0.25, 0.3) is 0 Å². The Morgan fingerprint density at radius 2 is 2.08 bits per heavy atom. The molecule has 1 aromatic carbocycles. The number of hydrogen-bond donors (Lipinski definition) is 2. The van der Waals surface area contributed by atoms with Crippen molar-refractivity contribution in [1.82, 2.24) is 10.2 Å². The molecular weight excluding hydrogens is 326 g/mol. The summed E-state index contributed by atoms with van der Waals surface area (Å²) in [4.78, 5) is 15.0. The Bertz CT molecular complexity index is 649. The molecule has 2 heterocycles. The van der Waals surface area contributed by atoms with Crippen LogP contribution >= 0.6 is 0 Å². The SMILES string of the molecule is Cc1cc(NC(=O)C2CC23CCNCC3)ccc1OCCN1CCCC1. The van der Waals surface area contributed by atoms with E-state index in [-0.39, 0.29) is 17.2 Å². The van der Waals surface area contributed by atoms with E-state index >= 15 is 0 Å². The van der Waals surface area contributed by atoms with Crippen LogP contribution in [-0.4, -0.2) is 50.1 Å². The second-order valence-electron chi connectivity index (χ2n) is 8.24. The van der Waals surface area contributed by atoms with Crippen molar-refractivity contribution in [3.05, 3.63) is 23.8 Å². The molecule has 2 saturated heterocycles. The maximum absolute atomic E-state index is 12.6. The number of nitrogens with zero attached hydrogens (tertiary/aromatic N) is 1. The summed E-state index contributed by atoms with van der Waals surface area (Å²) in [5.74, 6) is 1.30. The van der Waals surface area contributed by atoms with Crippen molar-refractivity contribution in [2.75, 3.05) is 44.6 Å². The van der Waals surface area contributed by atoms with Gasteiger partial charge in [-0.25, -0.2) is 0 Å². The number of carbonyl (C=O) groups is 1. The molecule has 3 fully saturated rings. The van der Waals surface area contributed by atoms with Gasteiger partial charge >= 0.3 is 0 Å². The molecule has 0 radical (unpaired) electrons. The predicted molar refractivity (Wildman–Crippen MR) is 104 cm³/mol. The quantitative estimate of drug-likeness (QED) is 0.822. The first-order valence-corrected chi connectivity index (χ1v) is 10.1. The summed E-state index contributed by atoms with van der Waals surface area (Å²) in [7, 11) is 0. The summed E-state index contributed by atoms with van der Waals surface area (Å²) in [6.45, 7) is 8.27. The number of ether oxygens (including phenoxy) is 1. The zero-order valence-electron chi connectivity index (χ0n) is 15.9. The van der Waals surface area contributed by atoms with Gasteiger partial charge in [-0.15, -0.1) is 0 Å². The summed E-state index contributed by atoms with van der Waals surface area (Å²) < 4.78 is 5.95. The van der Waals surface area contributed by atoms with Gasteiger partial charge in [-0.2, -0.15) is 0 Å². The summed E-state index contributed by atoms with van der Waals surface area (Å²) in [5, 5.41) is 6.51.